The van der Waals surface area contributed by atoms with E-state index in [0.29, 0.717) is 10.0 Å². The van der Waals surface area contributed by atoms with Crippen molar-refractivity contribution >= 4 is 56.4 Å². The number of aromatic amines is 1. The van der Waals surface area contributed by atoms with Crippen LogP contribution in [0.2, 0.25) is 10.0 Å². The molecule has 0 saturated heterocycles. The molecule has 250 valence electrons. The largest absolute Gasteiger partial charge is 0.331 e. The molecule has 4 aromatic carbocycles. The molecule has 2 aromatic heterocycles. The monoisotopic (exact) mass is 704 g/mol. The number of nitro groups is 2. The summed E-state index contributed by atoms with van der Waals surface area (Å²) < 4.78 is 3.46. The Morgan fingerprint density at radius 1 is 0.653 bits per heavy atom. The van der Waals surface area contributed by atoms with Crippen molar-refractivity contribution < 1.29 is 9.85 Å². The van der Waals surface area contributed by atoms with E-state index in [1.54, 1.807) is 62.4 Å². The number of benzene rings is 4. The molecule has 0 spiro atoms. The molecule has 0 bridgehead atoms. The third-order valence-electron chi connectivity index (χ3n) is 8.10. The Labute approximate surface area is 285 Å². The topological polar surface area (TPSA) is 185 Å². The van der Waals surface area contributed by atoms with Crippen LogP contribution >= 0.6 is 23.2 Å². The fourth-order valence-electron chi connectivity index (χ4n) is 5.38. The normalized spacial score (nSPS) is 12.3. The van der Waals surface area contributed by atoms with Gasteiger partial charge >= 0.3 is 11.4 Å². The van der Waals surface area contributed by atoms with Crippen LogP contribution in [0.15, 0.2) is 104 Å². The number of H-pyrrole nitrogens is 1. The van der Waals surface area contributed by atoms with Crippen LogP contribution in [0.25, 0.3) is 21.8 Å². The minimum Gasteiger partial charge on any atom is -0.306 e. The summed E-state index contributed by atoms with van der Waals surface area (Å²) in [6, 6.07) is 20.3. The van der Waals surface area contributed by atoms with Gasteiger partial charge in [0.2, 0.25) is 0 Å². The maximum atomic E-state index is 12.8. The molecule has 6 aromatic rings. The Bertz CT molecular complexity index is 2500. The smallest absolute Gasteiger partial charge is 0.306 e. The number of hydrogen-bond donors (Lipinski definition) is 1. The molecule has 14 nitrogen and oxygen atoms in total. The predicted octanol–water partition coefficient (Wildman–Crippen LogP) is 5.73. The van der Waals surface area contributed by atoms with Crippen molar-refractivity contribution in [3.63, 3.8) is 0 Å². The molecule has 0 fully saturated rings. The Kier molecular flexibility index (Phi) is 9.64. The molecule has 0 saturated carbocycles. The van der Waals surface area contributed by atoms with E-state index in [-0.39, 0.29) is 33.2 Å². The van der Waals surface area contributed by atoms with Gasteiger partial charge in [-0.1, -0.05) is 47.5 Å². The standard InChI is InChI=1S/C17H14ClN3O4.C16H12ClN3O4/c1-10(11-3-5-12(18)6-4-11)20-16(22)14-8-7-13(21(24)25)9-15(14)19(2)17(20)23;1-9(10-2-4-11(17)5-3-10)19-15(21)13-7-6-12(20(23)24)8-14(13)18-16(19)22/h3-10H,1-2H3;2-9H,1H3,(H,18,22)/t10-;9-/m11/s1. The number of non-ortho nitro benzene ring substituents is 2. The summed E-state index contributed by atoms with van der Waals surface area (Å²) in [5, 5.41) is 23.3. The van der Waals surface area contributed by atoms with E-state index in [2.05, 4.69) is 4.98 Å². The third kappa shape index (κ3) is 6.77. The van der Waals surface area contributed by atoms with Crippen LogP contribution in [0.3, 0.4) is 0 Å². The summed E-state index contributed by atoms with van der Waals surface area (Å²) in [4.78, 5) is 73.6. The summed E-state index contributed by atoms with van der Waals surface area (Å²) in [5.74, 6) is 0. The first-order valence-electron chi connectivity index (χ1n) is 14.5. The Hall–Kier alpha value is -5.86. The van der Waals surface area contributed by atoms with E-state index in [4.69, 9.17) is 23.2 Å². The van der Waals surface area contributed by atoms with E-state index < -0.39 is 44.4 Å². The minimum absolute atomic E-state index is 0.138. The molecule has 2 heterocycles. The predicted molar refractivity (Wildman–Crippen MR) is 186 cm³/mol. The Morgan fingerprint density at radius 2 is 1.10 bits per heavy atom. The molecule has 16 heteroatoms. The first-order chi connectivity index (χ1) is 23.2. The number of rotatable bonds is 6. The molecule has 0 aliphatic rings. The number of fused-ring (bicyclic) bond motifs is 2. The molecule has 0 radical (unpaired) electrons. The highest BCUT2D eigenvalue weighted by Crippen LogP contribution is 2.22. The van der Waals surface area contributed by atoms with Crippen LogP contribution < -0.4 is 22.5 Å². The molecular formula is C33H26Cl2N6O8. The first kappa shape index (κ1) is 34.5. The molecule has 6 rings (SSSR count). The fraction of sp³-hybridized carbons (Fsp3) is 0.152. The summed E-state index contributed by atoms with van der Waals surface area (Å²) in [6.45, 7) is 3.46. The molecule has 0 unspecified atom stereocenters. The maximum absolute atomic E-state index is 12.8. The van der Waals surface area contributed by atoms with Gasteiger partial charge in [-0.15, -0.1) is 0 Å². The lowest BCUT2D eigenvalue weighted by atomic mass is 10.1. The number of nitrogens with zero attached hydrogens (tertiary/aromatic N) is 5. The van der Waals surface area contributed by atoms with Crippen molar-refractivity contribution in [3.8, 4) is 0 Å². The highest BCUT2D eigenvalue weighted by atomic mass is 35.5. The SMILES string of the molecule is C[C@H](c1ccc(Cl)cc1)n1c(=O)[nH]c2cc([N+](=O)[O-])ccc2c1=O.C[C@H](c1ccc(Cl)cc1)n1c(=O)c2ccc([N+](=O)[O-])cc2n(C)c1=O. The number of hydrogen-bond acceptors (Lipinski definition) is 8. The van der Waals surface area contributed by atoms with Gasteiger partial charge in [-0.25, -0.2) is 9.59 Å². The number of aromatic nitrogens is 4. The van der Waals surface area contributed by atoms with Gasteiger partial charge in [0.1, 0.15) is 0 Å². The van der Waals surface area contributed by atoms with Crippen LogP contribution in [-0.2, 0) is 7.05 Å². The second kappa shape index (κ2) is 13.7. The lowest BCUT2D eigenvalue weighted by Crippen LogP contribution is -2.41. The average molecular weight is 706 g/mol. The zero-order chi connectivity index (χ0) is 35.7. The van der Waals surface area contributed by atoms with Crippen molar-refractivity contribution in [1.82, 2.24) is 18.7 Å². The van der Waals surface area contributed by atoms with E-state index in [1.165, 1.54) is 48.0 Å². The lowest BCUT2D eigenvalue weighted by Gasteiger charge is -2.17. The van der Waals surface area contributed by atoms with Gasteiger partial charge in [-0.2, -0.15) is 0 Å². The van der Waals surface area contributed by atoms with E-state index in [9.17, 15) is 39.4 Å². The zero-order valence-electron chi connectivity index (χ0n) is 26.0. The number of nitrogens with one attached hydrogen (secondary N) is 1. The van der Waals surface area contributed by atoms with Gasteiger partial charge in [-0.3, -0.25) is 43.5 Å². The van der Waals surface area contributed by atoms with Crippen LogP contribution in [0.5, 0.6) is 0 Å². The summed E-state index contributed by atoms with van der Waals surface area (Å²) in [5.41, 5.74) is -0.676. The average Bonchev–Trinajstić information content (AvgIpc) is 3.07. The van der Waals surface area contributed by atoms with Gasteiger partial charge in [-0.05, 0) is 61.4 Å². The van der Waals surface area contributed by atoms with Crippen LogP contribution in [0.1, 0.15) is 37.1 Å². The second-order valence-corrected chi connectivity index (χ2v) is 11.9. The molecule has 0 amide bonds. The van der Waals surface area contributed by atoms with E-state index in [1.807, 2.05) is 0 Å². The quantitative estimate of drug-likeness (QED) is 0.168. The number of halogens is 2. The van der Waals surface area contributed by atoms with Crippen LogP contribution in [-0.4, -0.2) is 28.5 Å². The van der Waals surface area contributed by atoms with Crippen molar-refractivity contribution in [3.05, 3.63) is 168 Å². The van der Waals surface area contributed by atoms with E-state index >= 15 is 0 Å². The number of nitro benzene ring substituents is 2. The summed E-state index contributed by atoms with van der Waals surface area (Å²) in [6.07, 6.45) is 0. The highest BCUT2D eigenvalue weighted by Gasteiger charge is 2.20. The van der Waals surface area contributed by atoms with Crippen molar-refractivity contribution in [2.45, 2.75) is 25.9 Å². The van der Waals surface area contributed by atoms with Crippen molar-refractivity contribution in [2.75, 3.05) is 0 Å². The fourth-order valence-corrected chi connectivity index (χ4v) is 5.63. The van der Waals surface area contributed by atoms with Crippen LogP contribution in [0, 0.1) is 20.2 Å². The van der Waals surface area contributed by atoms with E-state index in [0.717, 1.165) is 20.3 Å². The zero-order valence-corrected chi connectivity index (χ0v) is 27.5. The molecule has 0 aliphatic heterocycles. The minimum atomic E-state index is -0.629. The van der Waals surface area contributed by atoms with Crippen LogP contribution in [0.4, 0.5) is 11.4 Å². The Balaban J connectivity index is 0.000000191. The number of aryl methyl sites for hydroxylation is 1. The van der Waals surface area contributed by atoms with Gasteiger partial charge in [0.15, 0.2) is 0 Å². The van der Waals surface area contributed by atoms with Crippen molar-refractivity contribution in [2.24, 2.45) is 7.05 Å². The van der Waals surface area contributed by atoms with Gasteiger partial charge in [0, 0.05) is 41.4 Å². The highest BCUT2D eigenvalue weighted by molar-refractivity contribution is 6.30. The molecule has 1 N–H and O–H groups in total. The second-order valence-electron chi connectivity index (χ2n) is 11.0. The molecule has 0 aliphatic carbocycles. The molecule has 49 heavy (non-hydrogen) atoms. The lowest BCUT2D eigenvalue weighted by molar-refractivity contribution is -0.384. The van der Waals surface area contributed by atoms with Crippen molar-refractivity contribution in [1.29, 1.82) is 0 Å². The summed E-state index contributed by atoms with van der Waals surface area (Å²) in [7, 11) is 1.49. The first-order valence-corrected chi connectivity index (χ1v) is 15.3. The van der Waals surface area contributed by atoms with Gasteiger partial charge in [0.05, 0.1) is 43.7 Å². The van der Waals surface area contributed by atoms with Gasteiger partial charge in [0.25, 0.3) is 22.5 Å². The summed E-state index contributed by atoms with van der Waals surface area (Å²) >= 11 is 11.7. The third-order valence-corrected chi connectivity index (χ3v) is 8.60. The van der Waals surface area contributed by atoms with Gasteiger partial charge < -0.3 is 4.98 Å². The molecule has 2 atom stereocenters. The molecular weight excluding hydrogens is 679 g/mol. The Morgan fingerprint density at radius 3 is 1.61 bits per heavy atom. The maximum Gasteiger partial charge on any atom is 0.331 e.